The Labute approximate surface area is 106 Å². The van der Waals surface area contributed by atoms with Crippen LogP contribution in [0.1, 0.15) is 34.1 Å². The normalized spacial score (nSPS) is 12.4. The average molecular weight is 260 g/mol. The zero-order valence-corrected chi connectivity index (χ0v) is 11.1. The number of carbonyl (C=O) groups excluding carboxylic acids is 2. The number of ether oxygens (including phenoxy) is 1. The van der Waals surface area contributed by atoms with Crippen LogP contribution in [0.25, 0.3) is 0 Å². The van der Waals surface area contributed by atoms with Gasteiger partial charge in [-0.05, 0) is 27.7 Å². The molecule has 0 saturated carbocycles. The Morgan fingerprint density at radius 3 is 2.22 bits per heavy atom. The molecule has 0 rings (SSSR count). The van der Waals surface area contributed by atoms with Crippen LogP contribution in [0.4, 0.5) is 4.79 Å². The first-order valence-corrected chi connectivity index (χ1v) is 5.64. The van der Waals surface area contributed by atoms with Gasteiger partial charge < -0.3 is 20.5 Å². The highest BCUT2D eigenvalue weighted by atomic mass is 16.6. The topological polar surface area (TPSA) is 105 Å². The maximum absolute atomic E-state index is 11.4. The monoisotopic (exact) mass is 260 g/mol. The van der Waals surface area contributed by atoms with Crippen LogP contribution < -0.4 is 10.6 Å². The second-order valence-corrected chi connectivity index (χ2v) is 4.69. The van der Waals surface area contributed by atoms with Crippen molar-refractivity contribution in [3.8, 4) is 0 Å². The fourth-order valence-corrected chi connectivity index (χ4v) is 1.10. The lowest BCUT2D eigenvalue weighted by molar-refractivity contribution is -0.141. The van der Waals surface area contributed by atoms with Crippen LogP contribution in [-0.4, -0.2) is 41.3 Å². The summed E-state index contributed by atoms with van der Waals surface area (Å²) in [6, 6.07) is -1.30. The summed E-state index contributed by atoms with van der Waals surface area (Å²) < 4.78 is 4.91. The minimum Gasteiger partial charge on any atom is -0.480 e. The van der Waals surface area contributed by atoms with Gasteiger partial charge >= 0.3 is 12.1 Å². The molecular formula is C11H20N2O5. The Balaban J connectivity index is 4.41. The van der Waals surface area contributed by atoms with Crippen molar-refractivity contribution in [2.24, 2.45) is 0 Å². The van der Waals surface area contributed by atoms with E-state index in [4.69, 9.17) is 9.84 Å². The van der Waals surface area contributed by atoms with Crippen molar-refractivity contribution in [2.75, 3.05) is 6.54 Å². The molecule has 0 aliphatic carbocycles. The number of nitrogens with one attached hydrogen (secondary N) is 2. The molecule has 0 aliphatic heterocycles. The molecule has 0 bridgehead atoms. The third-order valence-electron chi connectivity index (χ3n) is 1.75. The molecule has 0 unspecified atom stereocenters. The summed E-state index contributed by atoms with van der Waals surface area (Å²) in [6.45, 7) is 7.09. The van der Waals surface area contributed by atoms with E-state index in [1.807, 2.05) is 0 Å². The van der Waals surface area contributed by atoms with E-state index in [2.05, 4.69) is 10.6 Å². The van der Waals surface area contributed by atoms with Gasteiger partial charge in [0.2, 0.25) is 5.91 Å². The second-order valence-electron chi connectivity index (χ2n) is 4.69. The average Bonchev–Trinajstić information content (AvgIpc) is 2.13. The van der Waals surface area contributed by atoms with E-state index >= 15 is 0 Å². The highest BCUT2D eigenvalue weighted by molar-refractivity contribution is 5.87. The van der Waals surface area contributed by atoms with E-state index < -0.39 is 29.6 Å². The second kappa shape index (κ2) is 6.83. The lowest BCUT2D eigenvalue weighted by Crippen LogP contribution is -2.46. The summed E-state index contributed by atoms with van der Waals surface area (Å²) in [5.41, 5.74) is -0.723. The van der Waals surface area contributed by atoms with Gasteiger partial charge in [-0.1, -0.05) is 0 Å². The molecule has 2 amide bonds. The van der Waals surface area contributed by atoms with Crippen molar-refractivity contribution >= 4 is 18.0 Å². The van der Waals surface area contributed by atoms with E-state index in [1.165, 1.54) is 0 Å². The smallest absolute Gasteiger partial charge is 0.408 e. The molecule has 0 radical (unpaired) electrons. The summed E-state index contributed by atoms with van der Waals surface area (Å²) in [4.78, 5) is 33.5. The zero-order chi connectivity index (χ0) is 14.3. The predicted octanol–water partition coefficient (Wildman–Crippen LogP) is 0.491. The summed E-state index contributed by atoms with van der Waals surface area (Å²) in [7, 11) is 0. The van der Waals surface area contributed by atoms with Crippen LogP contribution in [0, 0.1) is 0 Å². The molecule has 18 heavy (non-hydrogen) atoms. The SMILES string of the molecule is CCNC(=O)C[C@H](NC(=O)OC(C)(C)C)C(=O)O. The van der Waals surface area contributed by atoms with Crippen LogP contribution in [0.15, 0.2) is 0 Å². The Bertz CT molecular complexity index is 322. The van der Waals surface area contributed by atoms with Gasteiger partial charge in [-0.2, -0.15) is 0 Å². The van der Waals surface area contributed by atoms with Crippen LogP contribution >= 0.6 is 0 Å². The van der Waals surface area contributed by atoms with Gasteiger partial charge in [0.05, 0.1) is 6.42 Å². The number of rotatable bonds is 5. The van der Waals surface area contributed by atoms with Gasteiger partial charge in [-0.3, -0.25) is 4.79 Å². The van der Waals surface area contributed by atoms with E-state index in [0.29, 0.717) is 6.54 Å². The van der Waals surface area contributed by atoms with Gasteiger partial charge in [0.25, 0.3) is 0 Å². The van der Waals surface area contributed by atoms with Crippen molar-refractivity contribution in [1.82, 2.24) is 10.6 Å². The summed E-state index contributed by atoms with van der Waals surface area (Å²) >= 11 is 0. The van der Waals surface area contributed by atoms with Gasteiger partial charge in [0.1, 0.15) is 11.6 Å². The highest BCUT2D eigenvalue weighted by Crippen LogP contribution is 2.07. The highest BCUT2D eigenvalue weighted by Gasteiger charge is 2.25. The number of carbonyl (C=O) groups is 3. The molecule has 0 fully saturated rings. The van der Waals surface area contributed by atoms with E-state index in [1.54, 1.807) is 27.7 Å². The molecule has 7 heteroatoms. The Morgan fingerprint density at radius 2 is 1.83 bits per heavy atom. The Morgan fingerprint density at radius 1 is 1.28 bits per heavy atom. The van der Waals surface area contributed by atoms with Crippen LogP contribution in [0.5, 0.6) is 0 Å². The minimum atomic E-state index is -1.30. The van der Waals surface area contributed by atoms with E-state index in [9.17, 15) is 14.4 Å². The first kappa shape index (κ1) is 16.2. The minimum absolute atomic E-state index is 0.331. The Hall–Kier alpha value is -1.79. The molecule has 0 saturated heterocycles. The number of alkyl carbamates (subject to hydrolysis) is 1. The van der Waals surface area contributed by atoms with E-state index in [-0.39, 0.29) is 6.42 Å². The number of aliphatic carboxylic acids is 1. The number of amides is 2. The molecule has 0 aromatic carbocycles. The number of carboxylic acids is 1. The largest absolute Gasteiger partial charge is 0.480 e. The standard InChI is InChI=1S/C11H20N2O5/c1-5-12-8(14)6-7(9(15)16)13-10(17)18-11(2,3)4/h7H,5-6H2,1-4H3,(H,12,14)(H,13,17)(H,15,16)/t7-/m0/s1. The fourth-order valence-electron chi connectivity index (χ4n) is 1.10. The molecule has 104 valence electrons. The molecule has 0 spiro atoms. The molecule has 7 nitrogen and oxygen atoms in total. The summed E-state index contributed by atoms with van der Waals surface area (Å²) in [5, 5.41) is 13.5. The van der Waals surface area contributed by atoms with Gasteiger partial charge in [-0.15, -0.1) is 0 Å². The van der Waals surface area contributed by atoms with Crippen molar-refractivity contribution in [2.45, 2.75) is 45.8 Å². The van der Waals surface area contributed by atoms with Crippen molar-refractivity contribution in [3.05, 3.63) is 0 Å². The van der Waals surface area contributed by atoms with Crippen LogP contribution in [-0.2, 0) is 14.3 Å². The number of hydrogen-bond donors (Lipinski definition) is 3. The zero-order valence-electron chi connectivity index (χ0n) is 11.1. The molecule has 0 aliphatic rings. The van der Waals surface area contributed by atoms with Gasteiger partial charge in [0.15, 0.2) is 0 Å². The lowest BCUT2D eigenvalue weighted by Gasteiger charge is -2.21. The van der Waals surface area contributed by atoms with Crippen LogP contribution in [0.2, 0.25) is 0 Å². The molecule has 0 aromatic rings. The van der Waals surface area contributed by atoms with Crippen molar-refractivity contribution in [1.29, 1.82) is 0 Å². The predicted molar refractivity (Wildman–Crippen MR) is 64.1 cm³/mol. The fraction of sp³-hybridized carbons (Fsp3) is 0.727. The number of carboxylic acid groups (broad SMARTS) is 1. The van der Waals surface area contributed by atoms with Crippen LogP contribution in [0.3, 0.4) is 0 Å². The lowest BCUT2D eigenvalue weighted by atomic mass is 10.2. The molecule has 0 heterocycles. The van der Waals surface area contributed by atoms with Gasteiger partial charge in [-0.25, -0.2) is 9.59 Å². The number of hydrogen-bond acceptors (Lipinski definition) is 4. The van der Waals surface area contributed by atoms with Crippen molar-refractivity contribution < 1.29 is 24.2 Å². The molecule has 1 atom stereocenters. The van der Waals surface area contributed by atoms with Crippen molar-refractivity contribution in [3.63, 3.8) is 0 Å². The maximum Gasteiger partial charge on any atom is 0.408 e. The maximum atomic E-state index is 11.4. The first-order chi connectivity index (χ1) is 8.15. The van der Waals surface area contributed by atoms with Gasteiger partial charge in [0, 0.05) is 6.54 Å². The third-order valence-corrected chi connectivity index (χ3v) is 1.75. The quantitative estimate of drug-likeness (QED) is 0.667. The summed E-state index contributed by atoms with van der Waals surface area (Å²) in [6.07, 6.45) is -1.19. The summed E-state index contributed by atoms with van der Waals surface area (Å²) in [5.74, 6) is -1.73. The molecule has 3 N–H and O–H groups in total. The Kier molecular flexibility index (Phi) is 6.15. The molecular weight excluding hydrogens is 240 g/mol. The van der Waals surface area contributed by atoms with E-state index in [0.717, 1.165) is 0 Å². The molecule has 0 aromatic heterocycles. The first-order valence-electron chi connectivity index (χ1n) is 5.64. The third kappa shape index (κ3) is 7.48.